The number of aliphatic hydroxyl groups excluding tert-OH is 1. The van der Waals surface area contributed by atoms with Crippen molar-refractivity contribution in [3.63, 3.8) is 0 Å². The zero-order chi connectivity index (χ0) is 13.2. The van der Waals surface area contributed by atoms with Crippen LogP contribution in [0.5, 0.6) is 5.75 Å². The van der Waals surface area contributed by atoms with Crippen molar-refractivity contribution >= 4 is 5.91 Å². The van der Waals surface area contributed by atoms with Gasteiger partial charge in [0.25, 0.3) is 5.91 Å². The van der Waals surface area contributed by atoms with E-state index in [0.29, 0.717) is 5.75 Å². The first-order valence-corrected chi connectivity index (χ1v) is 6.17. The van der Waals surface area contributed by atoms with Crippen LogP contribution in [-0.4, -0.2) is 29.8 Å². The molecular weight excluding hydrogens is 230 g/mol. The molecule has 0 aliphatic heterocycles. The maximum Gasteiger partial charge on any atom is 0.258 e. The number of aliphatic hydroxyl groups is 1. The lowest BCUT2D eigenvalue weighted by molar-refractivity contribution is -0.124. The monoisotopic (exact) mass is 249 g/mol. The summed E-state index contributed by atoms with van der Waals surface area (Å²) in [4.78, 5) is 11.6. The van der Waals surface area contributed by atoms with Gasteiger partial charge in [-0.15, -0.1) is 0 Å². The van der Waals surface area contributed by atoms with E-state index in [1.807, 2.05) is 32.0 Å². The number of hydrogen-bond donors (Lipinski definition) is 2. The molecule has 1 aromatic carbocycles. The Hall–Kier alpha value is -1.55. The molecular formula is C14H19NO3. The van der Waals surface area contributed by atoms with Crippen LogP contribution in [0.2, 0.25) is 0 Å². The molecule has 1 amide bonds. The highest BCUT2D eigenvalue weighted by molar-refractivity contribution is 5.78. The third-order valence-corrected chi connectivity index (χ3v) is 3.41. The minimum atomic E-state index is -0.371. The van der Waals surface area contributed by atoms with Gasteiger partial charge in [0.15, 0.2) is 6.61 Å². The van der Waals surface area contributed by atoms with Crippen molar-refractivity contribution in [2.75, 3.05) is 13.2 Å². The van der Waals surface area contributed by atoms with E-state index in [-0.39, 0.29) is 24.7 Å². The molecule has 0 bridgehead atoms. The normalized spacial score (nSPS) is 16.2. The fourth-order valence-corrected chi connectivity index (χ4v) is 1.76. The van der Waals surface area contributed by atoms with Gasteiger partial charge < -0.3 is 15.2 Å². The van der Waals surface area contributed by atoms with Crippen LogP contribution in [0.25, 0.3) is 0 Å². The lowest BCUT2D eigenvalue weighted by Gasteiger charge is -2.14. The molecule has 0 aromatic heterocycles. The minimum absolute atomic E-state index is 0.00236. The largest absolute Gasteiger partial charge is 0.484 e. The Morgan fingerprint density at radius 3 is 2.67 bits per heavy atom. The number of nitrogens with one attached hydrogen (secondary N) is 1. The van der Waals surface area contributed by atoms with Crippen molar-refractivity contribution in [1.29, 1.82) is 0 Å². The molecule has 1 aromatic rings. The van der Waals surface area contributed by atoms with Gasteiger partial charge in [-0.1, -0.05) is 6.07 Å². The van der Waals surface area contributed by atoms with Gasteiger partial charge in [-0.3, -0.25) is 4.79 Å². The summed E-state index contributed by atoms with van der Waals surface area (Å²) in [5.41, 5.74) is 1.97. The number of benzene rings is 1. The molecule has 18 heavy (non-hydrogen) atoms. The summed E-state index contributed by atoms with van der Waals surface area (Å²) in [5, 5.41) is 11.9. The summed E-state index contributed by atoms with van der Waals surface area (Å²) in [6.07, 6.45) is 1.69. The van der Waals surface area contributed by atoms with E-state index in [2.05, 4.69) is 5.32 Å². The molecule has 1 aliphatic rings. The molecule has 0 unspecified atom stereocenters. The van der Waals surface area contributed by atoms with Crippen LogP contribution < -0.4 is 10.1 Å². The molecule has 2 rings (SSSR count). The second kappa shape index (κ2) is 4.98. The predicted octanol–water partition coefficient (Wildman–Crippen LogP) is 1.32. The number of carbonyl (C=O) groups excluding carboxylic acids is 1. The SMILES string of the molecule is Cc1ccc(OCC(=O)NC2(CO)CC2)cc1C. The molecule has 4 heteroatoms. The second-order valence-corrected chi connectivity index (χ2v) is 5.02. The fourth-order valence-electron chi connectivity index (χ4n) is 1.76. The molecule has 1 fully saturated rings. The van der Waals surface area contributed by atoms with Crippen molar-refractivity contribution in [3.05, 3.63) is 29.3 Å². The smallest absolute Gasteiger partial charge is 0.258 e. The summed E-state index contributed by atoms with van der Waals surface area (Å²) in [7, 11) is 0. The van der Waals surface area contributed by atoms with E-state index >= 15 is 0 Å². The van der Waals surface area contributed by atoms with Crippen LogP contribution in [0.1, 0.15) is 24.0 Å². The Bertz CT molecular complexity index is 452. The first-order valence-electron chi connectivity index (χ1n) is 6.17. The number of aryl methyl sites for hydroxylation is 2. The van der Waals surface area contributed by atoms with Crippen molar-refractivity contribution in [2.45, 2.75) is 32.2 Å². The predicted molar refractivity (Wildman–Crippen MR) is 68.6 cm³/mol. The number of ether oxygens (including phenoxy) is 1. The second-order valence-electron chi connectivity index (χ2n) is 5.02. The topological polar surface area (TPSA) is 58.6 Å². The molecule has 0 radical (unpaired) electrons. The van der Waals surface area contributed by atoms with Crippen LogP contribution in [-0.2, 0) is 4.79 Å². The third-order valence-electron chi connectivity index (χ3n) is 3.41. The van der Waals surface area contributed by atoms with E-state index in [4.69, 9.17) is 9.84 Å². The Labute approximate surface area is 107 Å². The Morgan fingerprint density at radius 2 is 2.11 bits per heavy atom. The first kappa shape index (κ1) is 12.9. The number of amides is 1. The van der Waals surface area contributed by atoms with Crippen molar-refractivity contribution in [1.82, 2.24) is 5.32 Å². The highest BCUT2D eigenvalue weighted by atomic mass is 16.5. The fraction of sp³-hybridized carbons (Fsp3) is 0.500. The Kier molecular flexibility index (Phi) is 3.57. The zero-order valence-electron chi connectivity index (χ0n) is 10.8. The van der Waals surface area contributed by atoms with Crippen molar-refractivity contribution < 1.29 is 14.6 Å². The van der Waals surface area contributed by atoms with Gasteiger partial charge in [0.05, 0.1) is 12.1 Å². The summed E-state index contributed by atoms with van der Waals surface area (Å²) >= 11 is 0. The Balaban J connectivity index is 1.84. The summed E-state index contributed by atoms with van der Waals surface area (Å²) in [5.74, 6) is 0.516. The van der Waals surface area contributed by atoms with Gasteiger partial charge in [0.1, 0.15) is 5.75 Å². The maximum absolute atomic E-state index is 11.6. The number of carbonyl (C=O) groups is 1. The van der Waals surface area contributed by atoms with Gasteiger partial charge in [0.2, 0.25) is 0 Å². The molecule has 0 heterocycles. The van der Waals surface area contributed by atoms with Crippen LogP contribution >= 0.6 is 0 Å². The molecule has 1 aliphatic carbocycles. The van der Waals surface area contributed by atoms with E-state index in [0.717, 1.165) is 18.4 Å². The molecule has 1 saturated carbocycles. The van der Waals surface area contributed by atoms with Gasteiger partial charge in [0, 0.05) is 0 Å². The van der Waals surface area contributed by atoms with Gasteiger partial charge in [-0.05, 0) is 49.9 Å². The summed E-state index contributed by atoms with van der Waals surface area (Å²) in [6, 6.07) is 5.74. The Morgan fingerprint density at radius 1 is 1.39 bits per heavy atom. The molecule has 0 saturated heterocycles. The van der Waals surface area contributed by atoms with Gasteiger partial charge in [-0.25, -0.2) is 0 Å². The van der Waals surface area contributed by atoms with Crippen LogP contribution in [0.15, 0.2) is 18.2 Å². The van der Waals surface area contributed by atoms with Crippen LogP contribution in [0.4, 0.5) is 0 Å². The van der Waals surface area contributed by atoms with Crippen molar-refractivity contribution in [3.8, 4) is 5.75 Å². The third kappa shape index (κ3) is 3.01. The van der Waals surface area contributed by atoms with E-state index in [1.54, 1.807) is 0 Å². The summed E-state index contributed by atoms with van der Waals surface area (Å²) < 4.78 is 5.43. The average molecular weight is 249 g/mol. The van der Waals surface area contributed by atoms with E-state index < -0.39 is 0 Å². The molecule has 0 atom stereocenters. The van der Waals surface area contributed by atoms with Crippen LogP contribution in [0, 0.1) is 13.8 Å². The lowest BCUT2D eigenvalue weighted by atomic mass is 10.1. The zero-order valence-corrected chi connectivity index (χ0v) is 10.8. The van der Waals surface area contributed by atoms with Gasteiger partial charge >= 0.3 is 0 Å². The number of hydrogen-bond acceptors (Lipinski definition) is 3. The highest BCUT2D eigenvalue weighted by Crippen LogP contribution is 2.34. The van der Waals surface area contributed by atoms with E-state index in [9.17, 15) is 4.79 Å². The average Bonchev–Trinajstić information content (AvgIpc) is 3.11. The van der Waals surface area contributed by atoms with Gasteiger partial charge in [-0.2, -0.15) is 0 Å². The lowest BCUT2D eigenvalue weighted by Crippen LogP contribution is -2.42. The summed E-state index contributed by atoms with van der Waals surface area (Å²) in [6.45, 7) is 4.03. The molecule has 2 N–H and O–H groups in total. The quantitative estimate of drug-likeness (QED) is 0.827. The maximum atomic E-state index is 11.6. The minimum Gasteiger partial charge on any atom is -0.484 e. The standard InChI is InChI=1S/C14H19NO3/c1-10-3-4-12(7-11(10)2)18-8-13(17)15-14(9-16)5-6-14/h3-4,7,16H,5-6,8-9H2,1-2H3,(H,15,17). The van der Waals surface area contributed by atoms with E-state index in [1.165, 1.54) is 5.56 Å². The number of rotatable bonds is 5. The molecule has 98 valence electrons. The first-order chi connectivity index (χ1) is 8.54. The highest BCUT2D eigenvalue weighted by Gasteiger charge is 2.43. The van der Waals surface area contributed by atoms with Crippen molar-refractivity contribution in [2.24, 2.45) is 0 Å². The molecule has 0 spiro atoms. The molecule has 4 nitrogen and oxygen atoms in total. The van der Waals surface area contributed by atoms with Crippen LogP contribution in [0.3, 0.4) is 0 Å².